The summed E-state index contributed by atoms with van der Waals surface area (Å²) in [6.45, 7) is 6.42. The van der Waals surface area contributed by atoms with E-state index in [-0.39, 0.29) is 29.6 Å². The lowest BCUT2D eigenvalue weighted by molar-refractivity contribution is 0.0288. The predicted molar refractivity (Wildman–Crippen MR) is 130 cm³/mol. The standard InChI is InChI=1S/C25H35N5O4/c1-25(2,3)34-24(32)29-14-13-17(15-29)30-22(26)20(23(27)31)21(28-30)16-9-11-19(12-10-16)33-18-7-5-4-6-8-18/h9-12,17-18H,4-8,13-15,26H2,1-3H3,(H2,27,31). The van der Waals surface area contributed by atoms with Crippen LogP contribution in [0.25, 0.3) is 11.3 Å². The molecule has 1 saturated heterocycles. The number of carbonyl (C=O) groups excluding carboxylic acids is 2. The van der Waals surface area contributed by atoms with Crippen LogP contribution >= 0.6 is 0 Å². The number of nitrogens with two attached hydrogens (primary N) is 2. The van der Waals surface area contributed by atoms with Crippen LogP contribution in [-0.4, -0.2) is 51.5 Å². The molecule has 184 valence electrons. The van der Waals surface area contributed by atoms with Gasteiger partial charge in [0.25, 0.3) is 5.91 Å². The van der Waals surface area contributed by atoms with E-state index in [2.05, 4.69) is 5.10 Å². The molecular formula is C25H35N5O4. The number of ether oxygens (including phenoxy) is 2. The number of amides is 2. The van der Waals surface area contributed by atoms with Gasteiger partial charge in [-0.3, -0.25) is 4.79 Å². The number of anilines is 1. The zero-order chi connectivity index (χ0) is 24.5. The van der Waals surface area contributed by atoms with Crippen LogP contribution in [0.15, 0.2) is 24.3 Å². The van der Waals surface area contributed by atoms with Crippen LogP contribution in [0.3, 0.4) is 0 Å². The van der Waals surface area contributed by atoms with Crippen molar-refractivity contribution in [2.75, 3.05) is 18.8 Å². The molecule has 0 spiro atoms. The first-order chi connectivity index (χ1) is 16.1. The second-order valence-corrected chi connectivity index (χ2v) is 10.2. The summed E-state index contributed by atoms with van der Waals surface area (Å²) in [5.41, 5.74) is 12.8. The number of hydrogen-bond donors (Lipinski definition) is 2. The zero-order valence-corrected chi connectivity index (χ0v) is 20.3. The van der Waals surface area contributed by atoms with Crippen molar-refractivity contribution in [1.82, 2.24) is 14.7 Å². The van der Waals surface area contributed by atoms with E-state index in [9.17, 15) is 9.59 Å². The van der Waals surface area contributed by atoms with E-state index < -0.39 is 11.5 Å². The van der Waals surface area contributed by atoms with Crippen molar-refractivity contribution in [3.05, 3.63) is 29.8 Å². The van der Waals surface area contributed by atoms with Crippen molar-refractivity contribution in [3.8, 4) is 17.0 Å². The van der Waals surface area contributed by atoms with Crippen molar-refractivity contribution < 1.29 is 19.1 Å². The van der Waals surface area contributed by atoms with Crippen molar-refractivity contribution in [3.63, 3.8) is 0 Å². The molecule has 2 amide bonds. The summed E-state index contributed by atoms with van der Waals surface area (Å²) in [4.78, 5) is 26.4. The summed E-state index contributed by atoms with van der Waals surface area (Å²) in [7, 11) is 0. The molecule has 1 unspecified atom stereocenters. The molecule has 1 atom stereocenters. The average molecular weight is 470 g/mol. The molecule has 1 aromatic heterocycles. The van der Waals surface area contributed by atoms with Crippen LogP contribution in [-0.2, 0) is 4.74 Å². The third-order valence-corrected chi connectivity index (χ3v) is 6.34. The Bertz CT molecular complexity index is 1030. The number of aromatic nitrogens is 2. The van der Waals surface area contributed by atoms with Crippen LogP contribution in [0.1, 0.15) is 75.7 Å². The minimum atomic E-state index is -0.636. The number of rotatable bonds is 5. The number of nitrogens with zero attached hydrogens (tertiary/aromatic N) is 3. The Balaban J connectivity index is 1.53. The van der Waals surface area contributed by atoms with Crippen LogP contribution in [0, 0.1) is 0 Å². The molecule has 4 N–H and O–H groups in total. The lowest BCUT2D eigenvalue weighted by Gasteiger charge is -2.24. The normalized spacial score (nSPS) is 19.3. The highest BCUT2D eigenvalue weighted by atomic mass is 16.6. The average Bonchev–Trinajstić information content (AvgIpc) is 3.39. The summed E-state index contributed by atoms with van der Waals surface area (Å²) in [5.74, 6) is 0.372. The summed E-state index contributed by atoms with van der Waals surface area (Å²) in [5, 5.41) is 4.67. The maximum absolute atomic E-state index is 12.5. The quantitative estimate of drug-likeness (QED) is 0.678. The number of primary amides is 1. The van der Waals surface area contributed by atoms with Crippen molar-refractivity contribution in [1.29, 1.82) is 0 Å². The van der Waals surface area contributed by atoms with Crippen molar-refractivity contribution >= 4 is 17.8 Å². The molecule has 1 aliphatic heterocycles. The van der Waals surface area contributed by atoms with Crippen molar-refractivity contribution in [2.24, 2.45) is 5.73 Å². The van der Waals surface area contributed by atoms with Crippen LogP contribution in [0.5, 0.6) is 5.75 Å². The third kappa shape index (κ3) is 5.29. The smallest absolute Gasteiger partial charge is 0.410 e. The second-order valence-electron chi connectivity index (χ2n) is 10.2. The Labute approximate surface area is 200 Å². The van der Waals surface area contributed by atoms with Gasteiger partial charge in [0.1, 0.15) is 28.4 Å². The minimum Gasteiger partial charge on any atom is -0.490 e. The monoisotopic (exact) mass is 469 g/mol. The zero-order valence-electron chi connectivity index (χ0n) is 20.3. The van der Waals surface area contributed by atoms with Crippen molar-refractivity contribution in [2.45, 2.75) is 77.0 Å². The van der Waals surface area contributed by atoms with Gasteiger partial charge in [0.15, 0.2) is 0 Å². The van der Waals surface area contributed by atoms with Gasteiger partial charge in [0.2, 0.25) is 0 Å². The molecule has 2 heterocycles. The molecule has 2 aliphatic rings. The van der Waals surface area contributed by atoms with Gasteiger partial charge in [0.05, 0.1) is 12.1 Å². The molecule has 2 aromatic rings. The number of hydrogen-bond acceptors (Lipinski definition) is 6. The first-order valence-electron chi connectivity index (χ1n) is 12.0. The van der Waals surface area contributed by atoms with E-state index in [0.717, 1.165) is 24.2 Å². The summed E-state index contributed by atoms with van der Waals surface area (Å²) in [6, 6.07) is 7.36. The fourth-order valence-corrected chi connectivity index (χ4v) is 4.67. The van der Waals surface area contributed by atoms with Crippen LogP contribution in [0.4, 0.5) is 10.6 Å². The van der Waals surface area contributed by atoms with Gasteiger partial charge in [-0.15, -0.1) is 0 Å². The molecule has 4 rings (SSSR count). The van der Waals surface area contributed by atoms with E-state index in [1.165, 1.54) is 19.3 Å². The van der Waals surface area contributed by atoms with E-state index in [4.69, 9.17) is 20.9 Å². The van der Waals surface area contributed by atoms with Gasteiger partial charge in [-0.25, -0.2) is 9.48 Å². The maximum atomic E-state index is 12.5. The van der Waals surface area contributed by atoms with Gasteiger partial charge in [-0.2, -0.15) is 5.10 Å². The largest absolute Gasteiger partial charge is 0.490 e. The fourth-order valence-electron chi connectivity index (χ4n) is 4.67. The lowest BCUT2D eigenvalue weighted by atomic mass is 9.98. The molecule has 2 fully saturated rings. The Morgan fingerprint density at radius 1 is 1.06 bits per heavy atom. The Hall–Kier alpha value is -3.23. The molecule has 1 aliphatic carbocycles. The Morgan fingerprint density at radius 3 is 2.35 bits per heavy atom. The van der Waals surface area contributed by atoms with E-state index in [0.29, 0.717) is 25.2 Å². The fraction of sp³-hybridized carbons (Fsp3) is 0.560. The number of nitrogen functional groups attached to an aromatic ring is 1. The molecule has 9 nitrogen and oxygen atoms in total. The number of likely N-dealkylation sites (tertiary alicyclic amines) is 1. The summed E-state index contributed by atoms with van der Waals surface area (Å²) < 4.78 is 13.2. The van der Waals surface area contributed by atoms with Gasteiger partial charge in [-0.05, 0) is 77.1 Å². The molecule has 0 radical (unpaired) electrons. The second kappa shape index (κ2) is 9.56. The predicted octanol–water partition coefficient (Wildman–Crippen LogP) is 4.12. The third-order valence-electron chi connectivity index (χ3n) is 6.34. The molecule has 34 heavy (non-hydrogen) atoms. The minimum absolute atomic E-state index is 0.173. The highest BCUT2D eigenvalue weighted by Gasteiger charge is 2.34. The Morgan fingerprint density at radius 2 is 1.74 bits per heavy atom. The summed E-state index contributed by atoms with van der Waals surface area (Å²) >= 11 is 0. The van der Waals surface area contributed by atoms with E-state index >= 15 is 0 Å². The van der Waals surface area contributed by atoms with Gasteiger partial charge in [-0.1, -0.05) is 6.42 Å². The van der Waals surface area contributed by atoms with Gasteiger partial charge < -0.3 is 25.8 Å². The number of carbonyl (C=O) groups is 2. The molecule has 9 heteroatoms. The molecule has 1 saturated carbocycles. The number of benzene rings is 1. The highest BCUT2D eigenvalue weighted by molar-refractivity contribution is 6.03. The first kappa shape index (κ1) is 23.9. The van der Waals surface area contributed by atoms with Crippen LogP contribution < -0.4 is 16.2 Å². The lowest BCUT2D eigenvalue weighted by Crippen LogP contribution is -2.35. The molecule has 1 aromatic carbocycles. The highest BCUT2D eigenvalue weighted by Crippen LogP contribution is 2.33. The Kier molecular flexibility index (Phi) is 6.72. The van der Waals surface area contributed by atoms with E-state index in [1.54, 1.807) is 9.58 Å². The first-order valence-corrected chi connectivity index (χ1v) is 12.0. The van der Waals surface area contributed by atoms with Gasteiger partial charge >= 0.3 is 6.09 Å². The van der Waals surface area contributed by atoms with Gasteiger partial charge in [0, 0.05) is 18.7 Å². The SMILES string of the molecule is CC(C)(C)OC(=O)N1CCC(n2nc(-c3ccc(OC4CCCCC4)cc3)c(C(N)=O)c2N)C1. The maximum Gasteiger partial charge on any atom is 0.410 e. The summed E-state index contributed by atoms with van der Waals surface area (Å²) in [6.07, 6.45) is 6.37. The van der Waals surface area contributed by atoms with E-state index in [1.807, 2.05) is 45.0 Å². The van der Waals surface area contributed by atoms with Crippen LogP contribution in [0.2, 0.25) is 0 Å². The molecule has 0 bridgehead atoms. The topological polar surface area (TPSA) is 126 Å². The molecular weight excluding hydrogens is 434 g/mol.